The van der Waals surface area contributed by atoms with Gasteiger partial charge in [-0.3, -0.25) is 4.79 Å². The van der Waals surface area contributed by atoms with E-state index in [1.807, 2.05) is 36.4 Å². The van der Waals surface area contributed by atoms with Crippen molar-refractivity contribution in [1.82, 2.24) is 0 Å². The van der Waals surface area contributed by atoms with Crippen molar-refractivity contribution >= 4 is 23.3 Å². The second kappa shape index (κ2) is 7.08. The molecule has 2 rings (SSSR count). The van der Waals surface area contributed by atoms with Gasteiger partial charge in [-0.15, -0.1) is 0 Å². The lowest BCUT2D eigenvalue weighted by atomic mass is 10.0. The van der Waals surface area contributed by atoms with E-state index >= 15 is 0 Å². The first-order chi connectivity index (χ1) is 10.5. The minimum atomic E-state index is -1.16. The molecule has 0 spiro atoms. The van der Waals surface area contributed by atoms with E-state index in [-0.39, 0.29) is 0 Å². The summed E-state index contributed by atoms with van der Waals surface area (Å²) in [5, 5.41) is 11.0. The van der Waals surface area contributed by atoms with Crippen molar-refractivity contribution in [1.29, 1.82) is 0 Å². The van der Waals surface area contributed by atoms with Crippen LogP contribution in [0.4, 0.5) is 11.4 Å². The highest BCUT2D eigenvalue weighted by atomic mass is 16.4. The van der Waals surface area contributed by atoms with Gasteiger partial charge >= 0.3 is 5.97 Å². The third-order valence-corrected chi connectivity index (χ3v) is 2.99. The summed E-state index contributed by atoms with van der Waals surface area (Å²) in [5.74, 6) is -1.64. The molecule has 5 heteroatoms. The zero-order chi connectivity index (χ0) is 15.9. The van der Waals surface area contributed by atoms with E-state index in [0.29, 0.717) is 5.69 Å². The normalized spacial score (nSPS) is 10.5. The van der Waals surface area contributed by atoms with E-state index in [1.54, 1.807) is 12.1 Å². The van der Waals surface area contributed by atoms with Crippen LogP contribution < -0.4 is 11.1 Å². The van der Waals surface area contributed by atoms with Crippen molar-refractivity contribution in [2.24, 2.45) is 0 Å². The third-order valence-electron chi connectivity index (χ3n) is 2.99. The van der Waals surface area contributed by atoms with Crippen LogP contribution in [0.3, 0.4) is 0 Å². The van der Waals surface area contributed by atoms with E-state index < -0.39 is 11.9 Å². The van der Waals surface area contributed by atoms with E-state index in [2.05, 4.69) is 5.32 Å². The second-order valence-corrected chi connectivity index (χ2v) is 4.78. The topological polar surface area (TPSA) is 92.4 Å². The Balaban J connectivity index is 1.96. The molecule has 0 atom stereocenters. The number of benzene rings is 2. The van der Waals surface area contributed by atoms with Gasteiger partial charge in [0.15, 0.2) is 0 Å². The highest BCUT2D eigenvalue weighted by molar-refractivity contribution is 6.02. The van der Waals surface area contributed by atoms with Crippen LogP contribution in [0.15, 0.2) is 60.7 Å². The molecule has 2 aromatic rings. The van der Waals surface area contributed by atoms with Crippen molar-refractivity contribution in [3.8, 4) is 0 Å². The standard InChI is InChI=1S/C17H16N2O3/c18-14-5-1-12(2-6-14)11-13-3-7-15(8-4-13)19-16(20)9-10-17(21)22/h1-10H,11,18H2,(H,19,20)(H,21,22)/b10-9-. The number of carbonyl (C=O) groups excluding carboxylic acids is 1. The predicted octanol–water partition coefficient (Wildman–Crippen LogP) is 2.44. The van der Waals surface area contributed by atoms with Gasteiger partial charge in [-0.05, 0) is 41.8 Å². The molecule has 0 heterocycles. The molecule has 0 saturated carbocycles. The van der Waals surface area contributed by atoms with Gasteiger partial charge in [0.2, 0.25) is 5.91 Å². The van der Waals surface area contributed by atoms with Crippen molar-refractivity contribution in [2.45, 2.75) is 6.42 Å². The number of carbonyl (C=O) groups is 2. The smallest absolute Gasteiger partial charge is 0.328 e. The monoisotopic (exact) mass is 296 g/mol. The van der Waals surface area contributed by atoms with Crippen LogP contribution in [-0.2, 0) is 16.0 Å². The van der Waals surface area contributed by atoms with E-state index in [0.717, 1.165) is 35.4 Å². The highest BCUT2D eigenvalue weighted by Crippen LogP contribution is 2.14. The fourth-order valence-electron chi connectivity index (χ4n) is 1.91. The Morgan fingerprint density at radius 1 is 0.955 bits per heavy atom. The van der Waals surface area contributed by atoms with Gasteiger partial charge in [-0.2, -0.15) is 0 Å². The Labute approximate surface area is 128 Å². The molecule has 4 N–H and O–H groups in total. The molecule has 1 amide bonds. The Bertz CT molecular complexity index is 689. The quantitative estimate of drug-likeness (QED) is 0.583. The average molecular weight is 296 g/mol. The van der Waals surface area contributed by atoms with Gasteiger partial charge in [-0.25, -0.2) is 4.79 Å². The lowest BCUT2D eigenvalue weighted by molar-refractivity contribution is -0.131. The second-order valence-electron chi connectivity index (χ2n) is 4.78. The minimum Gasteiger partial charge on any atom is -0.478 e. The average Bonchev–Trinajstić information content (AvgIpc) is 2.49. The lowest BCUT2D eigenvalue weighted by Gasteiger charge is -2.05. The summed E-state index contributed by atoms with van der Waals surface area (Å²) >= 11 is 0. The van der Waals surface area contributed by atoms with Crippen molar-refractivity contribution < 1.29 is 14.7 Å². The molecule has 0 aromatic heterocycles. The first-order valence-corrected chi connectivity index (χ1v) is 6.68. The van der Waals surface area contributed by atoms with Crippen LogP contribution >= 0.6 is 0 Å². The number of carboxylic acid groups (broad SMARTS) is 1. The van der Waals surface area contributed by atoms with Crippen LogP contribution in [0.5, 0.6) is 0 Å². The number of nitrogens with one attached hydrogen (secondary N) is 1. The maximum Gasteiger partial charge on any atom is 0.328 e. The zero-order valence-electron chi connectivity index (χ0n) is 11.8. The largest absolute Gasteiger partial charge is 0.478 e. The summed E-state index contributed by atoms with van der Waals surface area (Å²) < 4.78 is 0. The number of nitrogens with two attached hydrogens (primary N) is 1. The summed E-state index contributed by atoms with van der Waals surface area (Å²) in [7, 11) is 0. The molecule has 0 fully saturated rings. The molecule has 0 unspecified atom stereocenters. The van der Waals surface area contributed by atoms with Crippen LogP contribution in [0.1, 0.15) is 11.1 Å². The van der Waals surface area contributed by atoms with Crippen molar-refractivity contribution in [3.05, 3.63) is 71.8 Å². The molecule has 0 bridgehead atoms. The van der Waals surface area contributed by atoms with Gasteiger partial charge in [0, 0.05) is 23.5 Å². The zero-order valence-corrected chi connectivity index (χ0v) is 11.8. The maximum atomic E-state index is 11.5. The first kappa shape index (κ1) is 15.3. The van der Waals surface area contributed by atoms with Gasteiger partial charge in [0.1, 0.15) is 0 Å². The van der Waals surface area contributed by atoms with E-state index in [4.69, 9.17) is 10.8 Å². The molecule has 0 aliphatic rings. The summed E-state index contributed by atoms with van der Waals surface area (Å²) in [6.45, 7) is 0. The van der Waals surface area contributed by atoms with Crippen LogP contribution in [-0.4, -0.2) is 17.0 Å². The number of hydrogen-bond acceptors (Lipinski definition) is 3. The van der Waals surface area contributed by atoms with Gasteiger partial charge in [-0.1, -0.05) is 24.3 Å². The van der Waals surface area contributed by atoms with Crippen molar-refractivity contribution in [3.63, 3.8) is 0 Å². The fourth-order valence-corrected chi connectivity index (χ4v) is 1.91. The summed E-state index contributed by atoms with van der Waals surface area (Å²) in [6.07, 6.45) is 2.54. The number of anilines is 2. The minimum absolute atomic E-state index is 0.478. The van der Waals surface area contributed by atoms with Gasteiger partial charge in [0.05, 0.1) is 0 Å². The SMILES string of the molecule is Nc1ccc(Cc2ccc(NC(=O)/C=C\C(=O)O)cc2)cc1. The molecule has 22 heavy (non-hydrogen) atoms. The molecule has 0 aliphatic heterocycles. The summed E-state index contributed by atoms with van der Waals surface area (Å²) in [4.78, 5) is 21.8. The Kier molecular flexibility index (Phi) is 4.93. The Morgan fingerprint density at radius 3 is 2.05 bits per heavy atom. The molecule has 112 valence electrons. The molecule has 0 radical (unpaired) electrons. The molecule has 2 aromatic carbocycles. The van der Waals surface area contributed by atoms with E-state index in [9.17, 15) is 9.59 Å². The Hall–Kier alpha value is -3.08. The first-order valence-electron chi connectivity index (χ1n) is 6.68. The number of carboxylic acids is 1. The number of nitrogen functional groups attached to an aromatic ring is 1. The van der Waals surface area contributed by atoms with Crippen LogP contribution in [0.2, 0.25) is 0 Å². The molecule has 5 nitrogen and oxygen atoms in total. The molecule has 0 saturated heterocycles. The molecule has 0 aliphatic carbocycles. The summed E-state index contributed by atoms with van der Waals surface area (Å²) in [6, 6.07) is 15.0. The molecular formula is C17H16N2O3. The third kappa shape index (κ3) is 4.79. The van der Waals surface area contributed by atoms with E-state index in [1.165, 1.54) is 0 Å². The maximum absolute atomic E-state index is 11.5. The van der Waals surface area contributed by atoms with Crippen molar-refractivity contribution in [2.75, 3.05) is 11.1 Å². The number of hydrogen-bond donors (Lipinski definition) is 3. The Morgan fingerprint density at radius 2 is 1.50 bits per heavy atom. The fraction of sp³-hybridized carbons (Fsp3) is 0.0588. The number of amides is 1. The number of aliphatic carboxylic acids is 1. The van der Waals surface area contributed by atoms with Gasteiger partial charge in [0.25, 0.3) is 0 Å². The summed E-state index contributed by atoms with van der Waals surface area (Å²) in [5.41, 5.74) is 9.24. The lowest BCUT2D eigenvalue weighted by Crippen LogP contribution is -2.08. The number of rotatable bonds is 5. The van der Waals surface area contributed by atoms with Crippen LogP contribution in [0.25, 0.3) is 0 Å². The van der Waals surface area contributed by atoms with Crippen LogP contribution in [0, 0.1) is 0 Å². The molecular weight excluding hydrogens is 280 g/mol. The van der Waals surface area contributed by atoms with Gasteiger partial charge < -0.3 is 16.2 Å². The predicted molar refractivity (Wildman–Crippen MR) is 85.5 cm³/mol. The highest BCUT2D eigenvalue weighted by Gasteiger charge is 2.00.